The van der Waals surface area contributed by atoms with E-state index in [4.69, 9.17) is 14.0 Å². The number of esters is 1. The monoisotopic (exact) mass is 408 g/mol. The maximum absolute atomic E-state index is 12.6. The molecule has 156 valence electrons. The molecule has 1 atom stereocenters. The summed E-state index contributed by atoms with van der Waals surface area (Å²) >= 11 is 0. The minimum Gasteiger partial charge on any atom is -0.489 e. The average Bonchev–Trinajstić information content (AvgIpc) is 3.09. The second-order valence-electron chi connectivity index (χ2n) is 6.85. The van der Waals surface area contributed by atoms with Gasteiger partial charge in [-0.15, -0.1) is 0 Å². The van der Waals surface area contributed by atoms with Crippen molar-refractivity contribution < 1.29 is 23.6 Å². The van der Waals surface area contributed by atoms with Crippen molar-refractivity contribution in [3.8, 4) is 5.75 Å². The normalized spacial score (nSPS) is 11.6. The van der Waals surface area contributed by atoms with E-state index in [0.717, 1.165) is 22.6 Å². The Balaban J connectivity index is 1.62. The highest BCUT2D eigenvalue weighted by Crippen LogP contribution is 2.18. The molecule has 1 heterocycles. The van der Waals surface area contributed by atoms with Crippen molar-refractivity contribution in [3.05, 3.63) is 82.7 Å². The zero-order valence-corrected chi connectivity index (χ0v) is 17.2. The summed E-state index contributed by atoms with van der Waals surface area (Å²) in [6.07, 6.45) is 0.345. The van der Waals surface area contributed by atoms with Crippen LogP contribution in [0.15, 0.2) is 59.1 Å². The Labute approximate surface area is 175 Å². The van der Waals surface area contributed by atoms with Crippen LogP contribution in [0.25, 0.3) is 0 Å². The highest BCUT2D eigenvalue weighted by molar-refractivity contribution is 5.96. The van der Waals surface area contributed by atoms with E-state index in [9.17, 15) is 9.59 Å². The van der Waals surface area contributed by atoms with Gasteiger partial charge in [0, 0.05) is 12.0 Å². The lowest BCUT2D eigenvalue weighted by Gasteiger charge is -2.17. The zero-order valence-electron chi connectivity index (χ0n) is 17.2. The number of amides is 1. The van der Waals surface area contributed by atoms with Gasteiger partial charge in [0.25, 0.3) is 5.91 Å². The second kappa shape index (κ2) is 9.73. The van der Waals surface area contributed by atoms with Crippen molar-refractivity contribution in [2.45, 2.75) is 32.9 Å². The molecule has 0 aliphatic heterocycles. The van der Waals surface area contributed by atoms with Crippen molar-refractivity contribution in [1.82, 2.24) is 10.5 Å². The molecule has 0 bridgehead atoms. The Bertz CT molecular complexity index is 977. The Morgan fingerprint density at radius 1 is 1.07 bits per heavy atom. The first-order chi connectivity index (χ1) is 14.5. The average molecular weight is 408 g/mol. The Morgan fingerprint density at radius 3 is 2.37 bits per heavy atom. The molecular formula is C23H24N2O5. The first-order valence-electron chi connectivity index (χ1n) is 9.55. The third-order valence-corrected chi connectivity index (χ3v) is 4.75. The number of hydrogen-bond donors (Lipinski definition) is 1. The first-order valence-corrected chi connectivity index (χ1v) is 9.55. The summed E-state index contributed by atoms with van der Waals surface area (Å²) in [5.41, 5.74) is 3.03. The van der Waals surface area contributed by atoms with Crippen molar-refractivity contribution in [1.29, 1.82) is 0 Å². The molecule has 7 heteroatoms. The Hall–Kier alpha value is -3.61. The van der Waals surface area contributed by atoms with Gasteiger partial charge in [-0.2, -0.15) is 0 Å². The van der Waals surface area contributed by atoms with Crippen molar-refractivity contribution in [2.24, 2.45) is 0 Å². The number of nitrogens with zero attached hydrogens (tertiary/aromatic N) is 1. The third-order valence-electron chi connectivity index (χ3n) is 4.75. The van der Waals surface area contributed by atoms with Gasteiger partial charge in [0.15, 0.2) is 0 Å². The SMILES string of the molecule is COC(=O)C(Cc1ccccc1)NC(=O)c1ccc(OCc2c(C)noc2C)cc1. The number of carbonyl (C=O) groups is 2. The number of methoxy groups -OCH3 is 1. The van der Waals surface area contributed by atoms with Gasteiger partial charge in [-0.05, 0) is 43.7 Å². The number of ether oxygens (including phenoxy) is 2. The van der Waals surface area contributed by atoms with Crippen LogP contribution in [0, 0.1) is 13.8 Å². The molecular weight excluding hydrogens is 384 g/mol. The van der Waals surface area contributed by atoms with Gasteiger partial charge in [0.05, 0.1) is 18.4 Å². The maximum atomic E-state index is 12.6. The highest BCUT2D eigenvalue weighted by Gasteiger charge is 2.22. The van der Waals surface area contributed by atoms with Crippen LogP contribution in [-0.4, -0.2) is 30.2 Å². The molecule has 0 aliphatic rings. The van der Waals surface area contributed by atoms with Crippen LogP contribution in [0.4, 0.5) is 0 Å². The van der Waals surface area contributed by atoms with Crippen LogP contribution >= 0.6 is 0 Å². The second-order valence-corrected chi connectivity index (χ2v) is 6.85. The molecule has 3 rings (SSSR count). The fourth-order valence-corrected chi connectivity index (χ4v) is 2.99. The lowest BCUT2D eigenvalue weighted by atomic mass is 10.1. The molecule has 0 spiro atoms. The lowest BCUT2D eigenvalue weighted by molar-refractivity contribution is -0.142. The van der Waals surface area contributed by atoms with Crippen LogP contribution in [0.2, 0.25) is 0 Å². The number of aryl methyl sites for hydroxylation is 2. The van der Waals surface area contributed by atoms with Crippen molar-refractivity contribution in [3.63, 3.8) is 0 Å². The third kappa shape index (κ3) is 5.26. The molecule has 0 aliphatic carbocycles. The molecule has 30 heavy (non-hydrogen) atoms. The van der Waals surface area contributed by atoms with Gasteiger partial charge in [-0.1, -0.05) is 35.5 Å². The van der Waals surface area contributed by atoms with Gasteiger partial charge >= 0.3 is 5.97 Å². The standard InChI is InChI=1S/C23H24N2O5/c1-15-20(16(2)30-25-15)14-29-19-11-9-18(10-12-19)22(26)24-21(23(27)28-3)13-17-7-5-4-6-8-17/h4-12,21H,13-14H2,1-3H3,(H,24,26). The van der Waals surface area contributed by atoms with Gasteiger partial charge in [0.2, 0.25) is 0 Å². The van der Waals surface area contributed by atoms with Crippen molar-refractivity contribution >= 4 is 11.9 Å². The highest BCUT2D eigenvalue weighted by atomic mass is 16.5. The molecule has 1 amide bonds. The molecule has 7 nitrogen and oxygen atoms in total. The molecule has 0 fully saturated rings. The number of nitrogens with one attached hydrogen (secondary N) is 1. The van der Waals surface area contributed by atoms with E-state index in [2.05, 4.69) is 10.5 Å². The topological polar surface area (TPSA) is 90.7 Å². The summed E-state index contributed by atoms with van der Waals surface area (Å²) in [5, 5.41) is 6.65. The number of benzene rings is 2. The summed E-state index contributed by atoms with van der Waals surface area (Å²) in [5.74, 6) is 0.473. The molecule has 0 saturated carbocycles. The van der Waals surface area contributed by atoms with Crippen LogP contribution < -0.4 is 10.1 Å². The maximum Gasteiger partial charge on any atom is 0.328 e. The Kier molecular flexibility index (Phi) is 6.85. The molecule has 1 aromatic heterocycles. The minimum atomic E-state index is -0.777. The van der Waals surface area contributed by atoms with Gasteiger partial charge < -0.3 is 19.3 Å². The zero-order chi connectivity index (χ0) is 21.5. The quantitative estimate of drug-likeness (QED) is 0.575. The molecule has 0 radical (unpaired) electrons. The van der Waals surface area contributed by atoms with E-state index in [1.165, 1.54) is 7.11 Å². The largest absolute Gasteiger partial charge is 0.489 e. The summed E-state index contributed by atoms with van der Waals surface area (Å²) in [6.45, 7) is 4.02. The lowest BCUT2D eigenvalue weighted by Crippen LogP contribution is -2.43. The molecule has 3 aromatic rings. The summed E-state index contributed by atoms with van der Waals surface area (Å²) in [6, 6.07) is 15.4. The van der Waals surface area contributed by atoms with E-state index in [0.29, 0.717) is 24.3 Å². The predicted molar refractivity (Wildman–Crippen MR) is 110 cm³/mol. The number of carbonyl (C=O) groups excluding carboxylic acids is 2. The summed E-state index contributed by atoms with van der Waals surface area (Å²) < 4.78 is 15.7. The fourth-order valence-electron chi connectivity index (χ4n) is 2.99. The van der Waals surface area contributed by atoms with E-state index in [-0.39, 0.29) is 5.91 Å². The first kappa shape index (κ1) is 21.1. The van der Waals surface area contributed by atoms with Crippen LogP contribution in [0.5, 0.6) is 5.75 Å². The summed E-state index contributed by atoms with van der Waals surface area (Å²) in [4.78, 5) is 24.8. The Morgan fingerprint density at radius 2 is 1.77 bits per heavy atom. The summed E-state index contributed by atoms with van der Waals surface area (Å²) in [7, 11) is 1.30. The molecule has 0 saturated heterocycles. The van der Waals surface area contributed by atoms with E-state index >= 15 is 0 Å². The fraction of sp³-hybridized carbons (Fsp3) is 0.261. The predicted octanol–water partition coefficient (Wildman–Crippen LogP) is 3.38. The van der Waals surface area contributed by atoms with Gasteiger partial charge in [-0.25, -0.2) is 4.79 Å². The van der Waals surface area contributed by atoms with E-state index < -0.39 is 12.0 Å². The van der Waals surface area contributed by atoms with E-state index in [1.54, 1.807) is 24.3 Å². The smallest absolute Gasteiger partial charge is 0.328 e. The van der Waals surface area contributed by atoms with Crippen molar-refractivity contribution in [2.75, 3.05) is 7.11 Å². The minimum absolute atomic E-state index is 0.328. The van der Waals surface area contributed by atoms with Crippen LogP contribution in [-0.2, 0) is 22.6 Å². The molecule has 1 unspecified atom stereocenters. The number of hydrogen-bond acceptors (Lipinski definition) is 6. The van der Waals surface area contributed by atoms with E-state index in [1.807, 2.05) is 44.2 Å². The van der Waals surface area contributed by atoms with Gasteiger partial charge in [-0.3, -0.25) is 4.79 Å². The molecule has 1 N–H and O–H groups in total. The molecule has 2 aromatic carbocycles. The van der Waals surface area contributed by atoms with Gasteiger partial charge in [0.1, 0.15) is 24.2 Å². The number of aromatic nitrogens is 1. The van der Waals surface area contributed by atoms with Crippen LogP contribution in [0.3, 0.4) is 0 Å². The number of rotatable bonds is 8. The van der Waals surface area contributed by atoms with Crippen LogP contribution in [0.1, 0.15) is 32.9 Å².